The van der Waals surface area contributed by atoms with Gasteiger partial charge in [-0.1, -0.05) is 14.9 Å². The van der Waals surface area contributed by atoms with Crippen molar-refractivity contribution in [3.05, 3.63) is 60.2 Å². The number of aromatic nitrogens is 2. The number of aldehydes is 1. The Balaban J connectivity index is 0.000000731. The van der Waals surface area contributed by atoms with Crippen molar-refractivity contribution in [2.75, 3.05) is 13.2 Å². The van der Waals surface area contributed by atoms with Crippen molar-refractivity contribution in [3.63, 3.8) is 0 Å². The van der Waals surface area contributed by atoms with E-state index < -0.39 is 53.5 Å². The first-order valence-corrected chi connectivity index (χ1v) is 13.4. The lowest BCUT2D eigenvalue weighted by Crippen LogP contribution is -2.51. The van der Waals surface area contributed by atoms with Crippen LogP contribution in [0.5, 0.6) is 0 Å². The number of hydrogen-bond acceptors (Lipinski definition) is 10. The Morgan fingerprint density at radius 1 is 1.00 bits per heavy atom. The molecule has 4 N–H and O–H groups in total. The van der Waals surface area contributed by atoms with Crippen molar-refractivity contribution in [1.29, 1.82) is 0 Å². The van der Waals surface area contributed by atoms with E-state index in [1.165, 1.54) is 0 Å². The van der Waals surface area contributed by atoms with Gasteiger partial charge in [-0.15, -0.1) is 0 Å². The van der Waals surface area contributed by atoms with Crippen molar-refractivity contribution < 1.29 is 46.9 Å². The largest absolute Gasteiger partial charge is 0.446 e. The number of aliphatic hydroxyl groups excluding tert-OH is 1. The molecule has 2 fully saturated rings. The van der Waals surface area contributed by atoms with Crippen LogP contribution in [0.4, 0.5) is 18.0 Å². The molecule has 2 aromatic rings. The molecule has 0 spiro atoms. The number of pyridine rings is 2. The lowest BCUT2D eigenvalue weighted by molar-refractivity contribution is -0.156. The summed E-state index contributed by atoms with van der Waals surface area (Å²) in [6, 6.07) is 6.45. The van der Waals surface area contributed by atoms with Crippen LogP contribution < -0.4 is 11.1 Å². The second-order valence-corrected chi connectivity index (χ2v) is 11.6. The van der Waals surface area contributed by atoms with E-state index >= 15 is 0 Å². The highest BCUT2D eigenvalue weighted by Crippen LogP contribution is 2.32. The molecule has 45 heavy (non-hydrogen) atoms. The standard InChI is InChI=1S/C16H24N2O4.C11H14N2O2.C2HF3O.2CH4/c1-15(2,3)22-14(20)18-12(13(19)16(4)10-21-16)9-11-5-7-17-8-6-11;1-11(7-15-11)10(14)9(12)6-8-2-4-13-5-3-8;3-2(4,5)1-6;;/h5-8,12-13,19H,9-10H2,1-4H3,(H,18,20);2-5,9H,6-7,12H2,1H3;1H;2*1H4/t12-,13?,16+;9-,11+;;;/m00.../s1. The molecule has 2 saturated heterocycles. The number of rotatable bonds is 9. The molecule has 14 heteroatoms. The number of carbonyl (C=O) groups excluding carboxylic acids is 3. The fourth-order valence-corrected chi connectivity index (χ4v) is 3.69. The molecule has 11 nitrogen and oxygen atoms in total. The highest BCUT2D eigenvalue weighted by atomic mass is 19.4. The van der Waals surface area contributed by atoms with E-state index in [0.717, 1.165) is 11.1 Å². The number of Topliss-reactive ketones (excluding diaryl/α,β-unsaturated/α-hetero) is 1. The summed E-state index contributed by atoms with van der Waals surface area (Å²) in [6.07, 6.45) is 0.713. The number of ether oxygens (including phenoxy) is 3. The van der Waals surface area contributed by atoms with Crippen molar-refractivity contribution in [2.45, 2.75) is 103 Å². The topological polar surface area (TPSA) is 170 Å². The maximum absolute atomic E-state index is 12.0. The molecule has 4 rings (SSSR count). The van der Waals surface area contributed by atoms with E-state index in [2.05, 4.69) is 15.3 Å². The highest BCUT2D eigenvalue weighted by molar-refractivity contribution is 5.93. The van der Waals surface area contributed by atoms with E-state index in [-0.39, 0.29) is 20.6 Å². The molecule has 2 aliphatic heterocycles. The first kappa shape index (κ1) is 41.5. The molecule has 2 aromatic heterocycles. The van der Waals surface area contributed by atoms with Gasteiger partial charge in [0.1, 0.15) is 22.9 Å². The molecule has 0 aliphatic carbocycles. The summed E-state index contributed by atoms with van der Waals surface area (Å²) in [4.78, 5) is 40.4. The van der Waals surface area contributed by atoms with E-state index in [4.69, 9.17) is 24.7 Å². The van der Waals surface area contributed by atoms with Gasteiger partial charge in [0.25, 0.3) is 0 Å². The predicted molar refractivity (Wildman–Crippen MR) is 162 cm³/mol. The fourth-order valence-electron chi connectivity index (χ4n) is 3.69. The number of ketones is 1. The Kier molecular flexibility index (Phi) is 16.0. The minimum Gasteiger partial charge on any atom is -0.444 e. The third kappa shape index (κ3) is 15.4. The number of alkyl halides is 3. The normalized spacial score (nSPS) is 21.6. The first-order valence-electron chi connectivity index (χ1n) is 13.4. The number of nitrogens with zero attached hydrogens (tertiary/aromatic N) is 2. The number of nitrogens with two attached hydrogens (primary N) is 1. The van der Waals surface area contributed by atoms with Gasteiger partial charge in [-0.3, -0.25) is 19.6 Å². The molecule has 0 saturated carbocycles. The summed E-state index contributed by atoms with van der Waals surface area (Å²) in [5.41, 5.74) is 6.01. The van der Waals surface area contributed by atoms with E-state index in [0.29, 0.717) is 26.1 Å². The second kappa shape index (κ2) is 17.3. The summed E-state index contributed by atoms with van der Waals surface area (Å²) < 4.78 is 46.9. The SMILES string of the molecule is C.C.CC(C)(C)OC(=O)N[C@@H](Cc1ccncc1)C(O)[C@@]1(C)CO1.C[C@]1(C(=O)[C@@H](N)Cc2ccncc2)CO1.O=CC(F)(F)F. The van der Waals surface area contributed by atoms with Crippen molar-refractivity contribution in [1.82, 2.24) is 15.3 Å². The molecular weight excluding hydrogens is 597 g/mol. The maximum Gasteiger partial charge on any atom is 0.446 e. The Morgan fingerprint density at radius 2 is 1.42 bits per heavy atom. The van der Waals surface area contributed by atoms with Crippen LogP contribution in [-0.4, -0.2) is 87.6 Å². The fraction of sp³-hybridized carbons (Fsp3) is 0.581. The number of alkyl carbamates (subject to hydrolysis) is 1. The minimum absolute atomic E-state index is 0. The van der Waals surface area contributed by atoms with Crippen molar-refractivity contribution in [2.24, 2.45) is 5.73 Å². The molecule has 1 amide bonds. The third-order valence-electron chi connectivity index (χ3n) is 6.29. The molecule has 0 bridgehead atoms. The smallest absolute Gasteiger partial charge is 0.444 e. The van der Waals surface area contributed by atoms with Crippen LogP contribution in [0.3, 0.4) is 0 Å². The second-order valence-electron chi connectivity index (χ2n) is 11.6. The van der Waals surface area contributed by atoms with Crippen LogP contribution in [0.2, 0.25) is 0 Å². The Hall–Kier alpha value is -3.46. The zero-order valence-electron chi connectivity index (χ0n) is 24.8. The summed E-state index contributed by atoms with van der Waals surface area (Å²) >= 11 is 0. The van der Waals surface area contributed by atoms with Gasteiger partial charge in [0.05, 0.1) is 25.3 Å². The summed E-state index contributed by atoms with van der Waals surface area (Å²) in [5, 5.41) is 13.3. The summed E-state index contributed by atoms with van der Waals surface area (Å²) in [5.74, 6) is -0.0145. The number of hydrogen-bond donors (Lipinski definition) is 3. The first-order chi connectivity index (χ1) is 19.9. The zero-order chi connectivity index (χ0) is 32.5. The van der Waals surface area contributed by atoms with Crippen LogP contribution in [-0.2, 0) is 36.6 Å². The number of nitrogens with one attached hydrogen (secondary N) is 1. The third-order valence-corrected chi connectivity index (χ3v) is 6.29. The molecule has 1 unspecified atom stereocenters. The lowest BCUT2D eigenvalue weighted by Gasteiger charge is -2.28. The van der Waals surface area contributed by atoms with E-state index in [1.54, 1.807) is 52.5 Å². The Morgan fingerprint density at radius 3 is 1.78 bits per heavy atom. The van der Waals surface area contributed by atoms with E-state index in [1.807, 2.05) is 31.2 Å². The van der Waals surface area contributed by atoms with Gasteiger partial charge >= 0.3 is 12.3 Å². The van der Waals surface area contributed by atoms with Crippen LogP contribution in [0.1, 0.15) is 60.6 Å². The van der Waals surface area contributed by atoms with Gasteiger partial charge in [0.2, 0.25) is 6.29 Å². The number of halogens is 3. The predicted octanol–water partition coefficient (Wildman–Crippen LogP) is 4.00. The molecular formula is C31H47F3N4O7. The maximum atomic E-state index is 12.0. The number of epoxide rings is 2. The van der Waals surface area contributed by atoms with Crippen molar-refractivity contribution >= 4 is 18.2 Å². The quantitative estimate of drug-likeness (QED) is 0.268. The van der Waals surface area contributed by atoms with Gasteiger partial charge in [-0.2, -0.15) is 13.2 Å². The average molecular weight is 645 g/mol. The molecule has 0 radical (unpaired) electrons. The number of carbonyl (C=O) groups is 3. The van der Waals surface area contributed by atoms with Gasteiger partial charge < -0.3 is 30.4 Å². The molecule has 5 atom stereocenters. The zero-order valence-corrected chi connectivity index (χ0v) is 24.8. The molecule has 254 valence electrons. The summed E-state index contributed by atoms with van der Waals surface area (Å²) in [7, 11) is 0. The number of aliphatic hydroxyl groups is 1. The van der Waals surface area contributed by atoms with Gasteiger partial charge in [0.15, 0.2) is 5.78 Å². The number of amides is 1. The minimum atomic E-state index is -4.64. The highest BCUT2D eigenvalue weighted by Gasteiger charge is 2.50. The lowest BCUT2D eigenvalue weighted by atomic mass is 9.93. The van der Waals surface area contributed by atoms with Crippen LogP contribution in [0, 0.1) is 0 Å². The monoisotopic (exact) mass is 644 g/mol. The van der Waals surface area contributed by atoms with Crippen LogP contribution >= 0.6 is 0 Å². The molecule has 4 heterocycles. The van der Waals surface area contributed by atoms with Crippen LogP contribution in [0.25, 0.3) is 0 Å². The van der Waals surface area contributed by atoms with Gasteiger partial charge in [-0.05, 0) is 82.9 Å². The Labute approximate surface area is 263 Å². The summed E-state index contributed by atoms with van der Waals surface area (Å²) in [6.45, 7) is 9.98. The molecule has 2 aliphatic rings. The Bertz CT molecular complexity index is 1190. The van der Waals surface area contributed by atoms with E-state index in [9.17, 15) is 27.9 Å². The van der Waals surface area contributed by atoms with Gasteiger partial charge in [-0.25, -0.2) is 4.79 Å². The average Bonchev–Trinajstić information content (AvgIpc) is 3.86. The van der Waals surface area contributed by atoms with Crippen molar-refractivity contribution in [3.8, 4) is 0 Å². The van der Waals surface area contributed by atoms with Crippen LogP contribution in [0.15, 0.2) is 49.1 Å². The van der Waals surface area contributed by atoms with Gasteiger partial charge in [0, 0.05) is 24.8 Å². The molecule has 0 aromatic carbocycles.